The summed E-state index contributed by atoms with van der Waals surface area (Å²) in [6.45, 7) is 6.89. The van der Waals surface area contributed by atoms with Gasteiger partial charge in [-0.2, -0.15) is 13.2 Å². The van der Waals surface area contributed by atoms with Gasteiger partial charge in [-0.15, -0.1) is 0 Å². The second-order valence-electron chi connectivity index (χ2n) is 5.33. The van der Waals surface area contributed by atoms with Gasteiger partial charge in [-0.25, -0.2) is 9.97 Å². The molecule has 0 radical (unpaired) electrons. The molecule has 1 amide bonds. The van der Waals surface area contributed by atoms with Crippen LogP contribution in [0.2, 0.25) is 0 Å². The number of carbonyl (C=O) groups is 1. The van der Waals surface area contributed by atoms with Gasteiger partial charge in [0, 0.05) is 19.2 Å². The molecule has 2 aromatic rings. The van der Waals surface area contributed by atoms with Crippen LogP contribution in [0.25, 0.3) is 0 Å². The first kappa shape index (κ1) is 18.7. The Balaban J connectivity index is 2.34. The molecule has 0 atom stereocenters. The molecular weight excluding hydrogens is 333 g/mol. The van der Waals surface area contributed by atoms with Crippen LogP contribution in [0.15, 0.2) is 30.3 Å². The van der Waals surface area contributed by atoms with Crippen LogP contribution >= 0.6 is 0 Å². The van der Waals surface area contributed by atoms with E-state index in [0.717, 1.165) is 6.07 Å². The molecule has 0 aliphatic heterocycles. The van der Waals surface area contributed by atoms with Crippen LogP contribution in [-0.2, 0) is 6.18 Å². The van der Waals surface area contributed by atoms with Crippen LogP contribution in [0, 0.1) is 6.92 Å². The first-order valence-electron chi connectivity index (χ1n) is 7.84. The molecule has 0 bridgehead atoms. The van der Waals surface area contributed by atoms with Crippen molar-refractivity contribution in [1.29, 1.82) is 0 Å². The summed E-state index contributed by atoms with van der Waals surface area (Å²) in [7, 11) is 0. The number of nitrogens with zero attached hydrogens (tertiary/aromatic N) is 3. The van der Waals surface area contributed by atoms with Gasteiger partial charge in [0.2, 0.25) is 0 Å². The molecule has 1 N–H and O–H groups in total. The molecule has 8 heteroatoms. The van der Waals surface area contributed by atoms with E-state index in [9.17, 15) is 18.0 Å². The molecule has 0 unspecified atom stereocenters. The van der Waals surface area contributed by atoms with Gasteiger partial charge in [0.05, 0.1) is 11.3 Å². The molecule has 1 heterocycles. The van der Waals surface area contributed by atoms with Crippen molar-refractivity contribution in [3.63, 3.8) is 0 Å². The fourth-order valence-electron chi connectivity index (χ4n) is 2.40. The van der Waals surface area contributed by atoms with Crippen LogP contribution in [0.3, 0.4) is 0 Å². The Morgan fingerprint density at radius 3 is 2.40 bits per heavy atom. The van der Waals surface area contributed by atoms with Crippen LogP contribution < -0.4 is 10.2 Å². The fraction of sp³-hybridized carbons (Fsp3) is 0.353. The Kier molecular flexibility index (Phi) is 5.61. The number of alkyl halides is 3. The second-order valence-corrected chi connectivity index (χ2v) is 5.33. The Morgan fingerprint density at radius 1 is 1.16 bits per heavy atom. The lowest BCUT2D eigenvalue weighted by Gasteiger charge is -2.20. The van der Waals surface area contributed by atoms with E-state index >= 15 is 0 Å². The summed E-state index contributed by atoms with van der Waals surface area (Å²) in [5, 5.41) is 2.30. The van der Waals surface area contributed by atoms with E-state index in [1.165, 1.54) is 24.3 Å². The number of halogens is 3. The quantitative estimate of drug-likeness (QED) is 0.887. The number of rotatable bonds is 5. The second kappa shape index (κ2) is 7.50. The number of carbonyl (C=O) groups excluding carboxylic acids is 1. The summed E-state index contributed by atoms with van der Waals surface area (Å²) >= 11 is 0. The van der Waals surface area contributed by atoms with Gasteiger partial charge in [0.15, 0.2) is 0 Å². The van der Waals surface area contributed by atoms with E-state index < -0.39 is 17.6 Å². The molecule has 0 aliphatic rings. The van der Waals surface area contributed by atoms with E-state index in [-0.39, 0.29) is 11.4 Å². The third-order valence-corrected chi connectivity index (χ3v) is 3.63. The van der Waals surface area contributed by atoms with Gasteiger partial charge >= 0.3 is 6.18 Å². The minimum atomic E-state index is -4.56. The predicted octanol–water partition coefficient (Wildman–Crippen LogP) is 3.90. The van der Waals surface area contributed by atoms with Crippen molar-refractivity contribution in [2.24, 2.45) is 0 Å². The molecule has 1 aromatic carbocycles. The highest BCUT2D eigenvalue weighted by Gasteiger charge is 2.33. The number of para-hydroxylation sites is 1. The Labute approximate surface area is 143 Å². The van der Waals surface area contributed by atoms with Crippen LogP contribution in [0.1, 0.15) is 35.7 Å². The highest BCUT2D eigenvalue weighted by molar-refractivity contribution is 6.03. The maximum absolute atomic E-state index is 13.0. The lowest BCUT2D eigenvalue weighted by atomic mass is 10.1. The fourth-order valence-corrected chi connectivity index (χ4v) is 2.40. The molecule has 0 aliphatic carbocycles. The molecule has 25 heavy (non-hydrogen) atoms. The highest BCUT2D eigenvalue weighted by Crippen LogP contribution is 2.34. The summed E-state index contributed by atoms with van der Waals surface area (Å²) in [6.07, 6.45) is -4.56. The molecule has 5 nitrogen and oxygen atoms in total. The Bertz CT molecular complexity index is 758. The zero-order chi connectivity index (χ0) is 18.6. The first-order chi connectivity index (χ1) is 11.8. The molecular formula is C17H19F3N4O. The Morgan fingerprint density at radius 2 is 1.80 bits per heavy atom. The number of hydrogen-bond donors (Lipinski definition) is 1. The van der Waals surface area contributed by atoms with E-state index in [1.54, 1.807) is 6.92 Å². The zero-order valence-corrected chi connectivity index (χ0v) is 14.2. The summed E-state index contributed by atoms with van der Waals surface area (Å²) in [4.78, 5) is 22.7. The molecule has 0 spiro atoms. The summed E-state index contributed by atoms with van der Waals surface area (Å²) < 4.78 is 39.1. The first-order valence-corrected chi connectivity index (χ1v) is 7.84. The number of nitrogens with one attached hydrogen (secondary N) is 1. The van der Waals surface area contributed by atoms with Crippen LogP contribution in [0.5, 0.6) is 0 Å². The molecule has 0 fully saturated rings. The number of aromatic nitrogens is 2. The summed E-state index contributed by atoms with van der Waals surface area (Å²) in [5.74, 6) is 0.223. The maximum Gasteiger partial charge on any atom is 0.418 e. The number of aryl methyl sites for hydroxylation is 1. The number of anilines is 2. The normalized spacial score (nSPS) is 11.3. The standard InChI is InChI=1S/C17H19F3N4O/c1-4-24(5-2)15-10-14(21-11(3)22-15)16(25)23-13-9-7-6-8-12(13)17(18,19)20/h6-10H,4-5H2,1-3H3,(H,23,25). The largest absolute Gasteiger partial charge is 0.418 e. The summed E-state index contributed by atoms with van der Waals surface area (Å²) in [6, 6.07) is 6.30. The average Bonchev–Trinajstić information content (AvgIpc) is 2.55. The van der Waals surface area contributed by atoms with Crippen LogP contribution in [-0.4, -0.2) is 29.0 Å². The van der Waals surface area contributed by atoms with E-state index in [2.05, 4.69) is 15.3 Å². The van der Waals surface area contributed by atoms with Crippen molar-refractivity contribution in [1.82, 2.24) is 9.97 Å². The van der Waals surface area contributed by atoms with E-state index in [4.69, 9.17) is 0 Å². The minimum Gasteiger partial charge on any atom is -0.357 e. The molecule has 1 aromatic heterocycles. The van der Waals surface area contributed by atoms with Crippen molar-refractivity contribution in [3.05, 3.63) is 47.4 Å². The van der Waals surface area contributed by atoms with Crippen LogP contribution in [0.4, 0.5) is 24.7 Å². The number of benzene rings is 1. The highest BCUT2D eigenvalue weighted by atomic mass is 19.4. The molecule has 0 saturated heterocycles. The Hall–Kier alpha value is -2.64. The van der Waals surface area contributed by atoms with Crippen molar-refractivity contribution < 1.29 is 18.0 Å². The van der Waals surface area contributed by atoms with Crippen molar-refractivity contribution in [2.75, 3.05) is 23.3 Å². The van der Waals surface area contributed by atoms with Crippen molar-refractivity contribution in [3.8, 4) is 0 Å². The van der Waals surface area contributed by atoms with Crippen molar-refractivity contribution >= 4 is 17.4 Å². The minimum absolute atomic E-state index is 0.0198. The molecule has 134 valence electrons. The van der Waals surface area contributed by atoms with Gasteiger partial charge in [0.1, 0.15) is 17.3 Å². The number of amides is 1. The lowest BCUT2D eigenvalue weighted by molar-refractivity contribution is -0.136. The van der Waals surface area contributed by atoms with Gasteiger partial charge in [-0.1, -0.05) is 12.1 Å². The zero-order valence-electron chi connectivity index (χ0n) is 14.2. The van der Waals surface area contributed by atoms with Gasteiger partial charge in [0.25, 0.3) is 5.91 Å². The van der Waals surface area contributed by atoms with Gasteiger partial charge in [-0.05, 0) is 32.9 Å². The lowest BCUT2D eigenvalue weighted by Crippen LogP contribution is -2.25. The smallest absolute Gasteiger partial charge is 0.357 e. The van der Waals surface area contributed by atoms with Gasteiger partial charge < -0.3 is 10.2 Å². The number of hydrogen-bond acceptors (Lipinski definition) is 4. The predicted molar refractivity (Wildman–Crippen MR) is 89.7 cm³/mol. The maximum atomic E-state index is 13.0. The van der Waals surface area contributed by atoms with Crippen molar-refractivity contribution in [2.45, 2.75) is 26.9 Å². The summed E-state index contributed by atoms with van der Waals surface area (Å²) in [5.41, 5.74) is -1.19. The third-order valence-electron chi connectivity index (χ3n) is 3.63. The van der Waals surface area contributed by atoms with E-state index in [1.807, 2.05) is 18.7 Å². The molecule has 2 rings (SSSR count). The molecule has 0 saturated carbocycles. The topological polar surface area (TPSA) is 58.1 Å². The van der Waals surface area contributed by atoms with E-state index in [0.29, 0.717) is 24.7 Å². The third kappa shape index (κ3) is 4.46. The average molecular weight is 352 g/mol. The van der Waals surface area contributed by atoms with Gasteiger partial charge in [-0.3, -0.25) is 4.79 Å². The monoisotopic (exact) mass is 352 g/mol. The SMILES string of the molecule is CCN(CC)c1cc(C(=O)Nc2ccccc2C(F)(F)F)nc(C)n1.